The Morgan fingerprint density at radius 2 is 1.25 bits per heavy atom. The van der Waals surface area contributed by atoms with E-state index in [-0.39, 0.29) is 27.1 Å². The molecule has 3 aromatic heterocycles. The number of nitrogens with zero attached hydrogens (tertiary/aromatic N) is 1. The number of furan rings is 1. The summed E-state index contributed by atoms with van der Waals surface area (Å²) in [6.45, 7) is 26.6. The van der Waals surface area contributed by atoms with Crippen LogP contribution in [0.5, 0.6) is 0 Å². The van der Waals surface area contributed by atoms with E-state index in [0.29, 0.717) is 0 Å². The monoisotopic (exact) mass is 918 g/mol. The minimum atomic E-state index is 0.0244. The average molecular weight is 919 g/mol. The van der Waals surface area contributed by atoms with E-state index in [4.69, 9.17) is 4.42 Å². The van der Waals surface area contributed by atoms with Gasteiger partial charge in [0.1, 0.15) is 11.3 Å². The van der Waals surface area contributed by atoms with Gasteiger partial charge in [0, 0.05) is 76.1 Å². The smallest absolute Gasteiger partial charge is 0.198 e. The van der Waals surface area contributed by atoms with Crippen LogP contribution in [0.2, 0.25) is 0 Å². The molecule has 69 heavy (non-hydrogen) atoms. The quantitative estimate of drug-likeness (QED) is 0.178. The first-order valence-electron chi connectivity index (χ1n) is 25.5. The molecule has 0 amide bonds. The molecule has 5 heteroatoms. The Kier molecular flexibility index (Phi) is 8.91. The summed E-state index contributed by atoms with van der Waals surface area (Å²) in [6, 6.07) is 46.5. The van der Waals surface area contributed by atoms with Crippen LogP contribution in [0.15, 0.2) is 126 Å². The Labute approximate surface area is 412 Å². The Bertz CT molecular complexity index is 3810. The molecule has 1 N–H and O–H groups in total. The summed E-state index contributed by atoms with van der Waals surface area (Å²) in [7, 11) is 0.811. The number of nitrogens with one attached hydrogen (secondary N) is 1. The zero-order chi connectivity index (χ0) is 47.7. The number of benzene rings is 7. The number of rotatable bonds is 4. The van der Waals surface area contributed by atoms with Gasteiger partial charge in [-0.3, -0.25) is 0 Å². The molecular formula is C64H63BN2OS. The van der Waals surface area contributed by atoms with Crippen molar-refractivity contribution in [1.82, 2.24) is 4.57 Å². The summed E-state index contributed by atoms with van der Waals surface area (Å²) in [4.78, 5) is 0. The minimum Gasteiger partial charge on any atom is -0.456 e. The van der Waals surface area contributed by atoms with E-state index < -0.39 is 0 Å². The maximum absolute atomic E-state index is 6.82. The number of hydrogen-bond acceptors (Lipinski definition) is 3. The molecule has 10 aromatic rings. The Morgan fingerprint density at radius 3 is 1.93 bits per heavy atom. The third-order valence-corrected chi connectivity index (χ3v) is 18.5. The molecule has 0 saturated carbocycles. The van der Waals surface area contributed by atoms with Crippen molar-refractivity contribution in [3.05, 3.63) is 149 Å². The van der Waals surface area contributed by atoms with Crippen LogP contribution in [-0.4, -0.2) is 11.8 Å². The lowest BCUT2D eigenvalue weighted by atomic mass is 9.58. The SMILES string of the molecule is CC(C)(C)c1ccc(Nc2cc3c(cc2-c2c4c5c(c6cc7c(cc6n5-c5cc6oc(-c8ccccc8)cc6cc5B4)C(C)(C)CCC7(C)C)c4c2sc2ccccc24)C(C)(C)CCC3(C)C)cc1. The molecule has 7 aromatic carbocycles. The fraction of sp³-hybridized carbons (Fsp3) is 0.312. The van der Waals surface area contributed by atoms with Crippen molar-refractivity contribution in [3.8, 4) is 28.1 Å². The maximum Gasteiger partial charge on any atom is 0.198 e. The Morgan fingerprint density at radius 1 is 0.623 bits per heavy atom. The first-order valence-corrected chi connectivity index (χ1v) is 26.3. The van der Waals surface area contributed by atoms with E-state index in [1.54, 1.807) is 0 Å². The van der Waals surface area contributed by atoms with Gasteiger partial charge in [0.15, 0.2) is 7.28 Å². The standard InChI is InChI=1S/C64H63BN2OS/c1-60(2,3)38-21-23-39(24-22-38)66-48-33-45-43(61(4,5)25-27-63(45,8)9)31-41(48)56-57-58-54(55-40-19-15-16-20-53(40)69-59(55)56)42-32-44-46(64(10,11)28-26-62(44,6)7)34-49(42)67(58)50-35-52-37(29-47(50)65-57)30-51(68-52)36-17-13-12-14-18-36/h12-24,29-35,65-66H,25-28H2,1-11H3. The van der Waals surface area contributed by atoms with Crippen molar-refractivity contribution in [3.63, 3.8) is 0 Å². The summed E-state index contributed by atoms with van der Waals surface area (Å²) < 4.78 is 12.2. The van der Waals surface area contributed by atoms with Crippen molar-refractivity contribution in [1.29, 1.82) is 0 Å². The molecule has 3 nitrogen and oxygen atoms in total. The molecule has 0 spiro atoms. The molecule has 0 atom stereocenters. The molecule has 4 heterocycles. The van der Waals surface area contributed by atoms with Crippen molar-refractivity contribution in [2.45, 2.75) is 129 Å². The average Bonchev–Trinajstić information content (AvgIpc) is 4.01. The highest BCUT2D eigenvalue weighted by Crippen LogP contribution is 2.55. The predicted molar refractivity (Wildman–Crippen MR) is 300 cm³/mol. The van der Waals surface area contributed by atoms with E-state index >= 15 is 0 Å². The van der Waals surface area contributed by atoms with Crippen LogP contribution in [0.3, 0.4) is 0 Å². The molecule has 0 unspecified atom stereocenters. The lowest BCUT2D eigenvalue weighted by Crippen LogP contribution is -2.37. The third kappa shape index (κ3) is 6.37. The Balaban J connectivity index is 1.19. The first kappa shape index (κ1) is 43.0. The van der Waals surface area contributed by atoms with Crippen LogP contribution >= 0.6 is 11.3 Å². The first-order chi connectivity index (χ1) is 32.8. The van der Waals surface area contributed by atoms with Crippen LogP contribution in [0.25, 0.3) is 81.1 Å². The summed E-state index contributed by atoms with van der Waals surface area (Å²) >= 11 is 1.99. The van der Waals surface area contributed by atoms with Gasteiger partial charge in [-0.2, -0.15) is 0 Å². The van der Waals surface area contributed by atoms with Gasteiger partial charge in [-0.05, 0) is 140 Å². The van der Waals surface area contributed by atoms with Gasteiger partial charge in [0.05, 0.1) is 5.52 Å². The molecule has 13 rings (SSSR count). The van der Waals surface area contributed by atoms with Crippen molar-refractivity contribution >= 4 is 93.9 Å². The maximum atomic E-state index is 6.82. The molecule has 2 aliphatic carbocycles. The highest BCUT2D eigenvalue weighted by molar-refractivity contribution is 7.26. The van der Waals surface area contributed by atoms with Gasteiger partial charge in [0.25, 0.3) is 0 Å². The lowest BCUT2D eigenvalue weighted by Gasteiger charge is -2.42. The number of aromatic nitrogens is 1. The summed E-state index contributed by atoms with van der Waals surface area (Å²) in [6.07, 6.45) is 4.65. The van der Waals surface area contributed by atoms with Crippen molar-refractivity contribution < 1.29 is 4.42 Å². The number of thiophene rings is 1. The van der Waals surface area contributed by atoms with E-state index in [1.807, 2.05) is 11.3 Å². The van der Waals surface area contributed by atoms with Crippen LogP contribution < -0.4 is 16.2 Å². The molecule has 0 bridgehead atoms. The fourth-order valence-electron chi connectivity index (χ4n) is 12.9. The molecule has 3 aliphatic rings. The molecule has 0 radical (unpaired) electrons. The van der Waals surface area contributed by atoms with Crippen LogP contribution in [0, 0.1) is 0 Å². The number of fused-ring (bicyclic) bond motifs is 12. The highest BCUT2D eigenvalue weighted by Gasteiger charge is 2.41. The Hall–Kier alpha value is -6.04. The van der Waals surface area contributed by atoms with Crippen LogP contribution in [0.4, 0.5) is 11.4 Å². The molecule has 344 valence electrons. The van der Waals surface area contributed by atoms with Gasteiger partial charge >= 0.3 is 0 Å². The van der Waals surface area contributed by atoms with Gasteiger partial charge in [-0.1, -0.05) is 148 Å². The highest BCUT2D eigenvalue weighted by atomic mass is 32.1. The van der Waals surface area contributed by atoms with E-state index in [9.17, 15) is 0 Å². The van der Waals surface area contributed by atoms with Gasteiger partial charge < -0.3 is 14.3 Å². The van der Waals surface area contributed by atoms with E-state index in [2.05, 4.69) is 207 Å². The van der Waals surface area contributed by atoms with Crippen molar-refractivity contribution in [2.24, 2.45) is 0 Å². The van der Waals surface area contributed by atoms with E-state index in [1.165, 1.54) is 116 Å². The summed E-state index contributed by atoms with van der Waals surface area (Å²) in [5, 5.41) is 10.7. The van der Waals surface area contributed by atoms with Gasteiger partial charge in [-0.15, -0.1) is 11.3 Å². The second kappa shape index (κ2) is 14.3. The minimum absolute atomic E-state index is 0.0244. The second-order valence-electron chi connectivity index (χ2n) is 24.7. The van der Waals surface area contributed by atoms with Crippen LogP contribution in [-0.2, 0) is 27.1 Å². The zero-order valence-corrected chi connectivity index (χ0v) is 43.2. The molecule has 1 aliphatic heterocycles. The molecular weight excluding hydrogens is 856 g/mol. The predicted octanol–water partition coefficient (Wildman–Crippen LogP) is 16.7. The second-order valence-corrected chi connectivity index (χ2v) is 25.8. The van der Waals surface area contributed by atoms with Crippen molar-refractivity contribution in [2.75, 3.05) is 5.32 Å². The van der Waals surface area contributed by atoms with Gasteiger partial charge in [-0.25, -0.2) is 0 Å². The topological polar surface area (TPSA) is 30.1 Å². The normalized spacial score (nSPS) is 17.6. The molecule has 0 fully saturated rings. The van der Waals surface area contributed by atoms with E-state index in [0.717, 1.165) is 48.1 Å². The summed E-state index contributed by atoms with van der Waals surface area (Å²) in [5.74, 6) is 0.907. The lowest BCUT2D eigenvalue weighted by molar-refractivity contribution is 0.332. The largest absolute Gasteiger partial charge is 0.456 e. The summed E-state index contributed by atoms with van der Waals surface area (Å²) in [5.41, 5.74) is 21.1. The zero-order valence-electron chi connectivity index (χ0n) is 42.3. The van der Waals surface area contributed by atoms with Gasteiger partial charge in [0.2, 0.25) is 0 Å². The fourth-order valence-corrected chi connectivity index (χ4v) is 14.2. The van der Waals surface area contributed by atoms with Crippen LogP contribution in [0.1, 0.15) is 130 Å². The number of anilines is 2. The third-order valence-electron chi connectivity index (χ3n) is 17.3. The molecule has 0 saturated heterocycles. The number of hydrogen-bond donors (Lipinski definition) is 1.